The van der Waals surface area contributed by atoms with Gasteiger partial charge in [0.25, 0.3) is 6.43 Å². The van der Waals surface area contributed by atoms with Gasteiger partial charge in [-0.2, -0.15) is 0 Å². The highest BCUT2D eigenvalue weighted by molar-refractivity contribution is 14.1. The van der Waals surface area contributed by atoms with Crippen molar-refractivity contribution in [2.45, 2.75) is 11.3 Å². The van der Waals surface area contributed by atoms with E-state index in [4.69, 9.17) is 5.14 Å². The van der Waals surface area contributed by atoms with Gasteiger partial charge in [-0.05, 0) is 38.5 Å². The van der Waals surface area contributed by atoms with E-state index in [1.165, 1.54) is 0 Å². The van der Waals surface area contributed by atoms with Gasteiger partial charge in [0.1, 0.15) is 8.60 Å². The van der Waals surface area contributed by atoms with E-state index in [1.54, 1.807) is 22.6 Å². The Bertz CT molecular complexity index is 494. The van der Waals surface area contributed by atoms with E-state index in [2.05, 4.69) is 20.9 Å². The summed E-state index contributed by atoms with van der Waals surface area (Å²) in [5.74, 6) is 0. The van der Waals surface area contributed by atoms with Gasteiger partial charge in [-0.15, -0.1) is 0 Å². The lowest BCUT2D eigenvalue weighted by molar-refractivity contribution is 0.149. The summed E-state index contributed by atoms with van der Waals surface area (Å²) in [6.07, 6.45) is -1.91. The summed E-state index contributed by atoms with van der Waals surface area (Å²) in [6.45, 7) is 0. The summed E-state index contributed by atoms with van der Waals surface area (Å²) < 4.78 is 46.9. The first-order valence-corrected chi connectivity index (χ1v) is 6.81. The van der Waals surface area contributed by atoms with Gasteiger partial charge < -0.3 is 0 Å². The number of sulfonamides is 1. The lowest BCUT2D eigenvalue weighted by Gasteiger charge is -2.08. The van der Waals surface area contributed by atoms with E-state index < -0.39 is 26.9 Å². The van der Waals surface area contributed by atoms with Crippen LogP contribution in [-0.2, 0) is 10.0 Å². The molecule has 84 valence electrons. The highest BCUT2D eigenvalue weighted by atomic mass is 127. The van der Waals surface area contributed by atoms with Crippen molar-refractivity contribution < 1.29 is 17.2 Å². The van der Waals surface area contributed by atoms with Gasteiger partial charge in [0.05, 0.1) is 10.0 Å². The zero-order valence-corrected chi connectivity index (χ0v) is 11.5. The molecule has 1 aromatic rings. The molecule has 0 fully saturated rings. The van der Waals surface area contributed by atoms with Gasteiger partial charge >= 0.3 is 0 Å². The van der Waals surface area contributed by atoms with Crippen molar-refractivity contribution in [3.8, 4) is 0 Å². The van der Waals surface area contributed by atoms with Crippen LogP contribution >= 0.6 is 38.5 Å². The molecule has 0 aliphatic carbocycles. The largest absolute Gasteiger partial charge is 0.266 e. The third kappa shape index (κ3) is 2.82. The third-order valence-electron chi connectivity index (χ3n) is 1.48. The van der Waals surface area contributed by atoms with E-state index in [0.29, 0.717) is 0 Å². The number of hydrogen-bond donors (Lipinski definition) is 1. The average Bonchev–Trinajstić information content (AvgIpc) is 2.00. The molecular formula is C6H4BrF2IN2O2S. The molecule has 0 aliphatic heterocycles. The molecule has 0 saturated heterocycles. The minimum Gasteiger partial charge on any atom is -0.248 e. The summed E-state index contributed by atoms with van der Waals surface area (Å²) in [5.41, 5.74) is -0.501. The van der Waals surface area contributed by atoms with Crippen molar-refractivity contribution in [3.05, 3.63) is 19.9 Å². The molecule has 1 heterocycles. The molecule has 0 bridgehead atoms. The van der Waals surface area contributed by atoms with Crippen LogP contribution in [-0.4, -0.2) is 13.4 Å². The molecule has 1 rings (SSSR count). The van der Waals surface area contributed by atoms with Crippen molar-refractivity contribution in [1.82, 2.24) is 4.98 Å². The molecule has 0 spiro atoms. The number of nitrogens with zero attached hydrogens (tertiary/aromatic N) is 1. The van der Waals surface area contributed by atoms with Crippen LogP contribution in [0.4, 0.5) is 8.78 Å². The minimum atomic E-state index is -4.07. The predicted octanol–water partition coefficient (Wildman–Crippen LogP) is 2.03. The van der Waals surface area contributed by atoms with E-state index >= 15 is 0 Å². The van der Waals surface area contributed by atoms with Crippen molar-refractivity contribution in [2.75, 3.05) is 0 Å². The summed E-state index contributed by atoms with van der Waals surface area (Å²) in [4.78, 5) is 3.13. The van der Waals surface area contributed by atoms with Crippen LogP contribution in [0.15, 0.2) is 15.6 Å². The van der Waals surface area contributed by atoms with Gasteiger partial charge in [-0.25, -0.2) is 27.3 Å². The van der Waals surface area contributed by atoms with Crippen LogP contribution in [0.5, 0.6) is 0 Å². The molecule has 0 radical (unpaired) electrons. The molecular weight excluding hydrogens is 409 g/mol. The normalized spacial score (nSPS) is 12.1. The van der Waals surface area contributed by atoms with Crippen molar-refractivity contribution in [2.24, 2.45) is 5.14 Å². The molecule has 1 aromatic heterocycles. The molecule has 0 aliphatic rings. The van der Waals surface area contributed by atoms with Crippen LogP contribution in [0, 0.1) is 3.70 Å². The van der Waals surface area contributed by atoms with Gasteiger partial charge in [-0.3, -0.25) is 0 Å². The predicted molar refractivity (Wildman–Crippen MR) is 61.0 cm³/mol. The Balaban J connectivity index is 3.59. The molecule has 0 unspecified atom stereocenters. The van der Waals surface area contributed by atoms with Crippen LogP contribution in [0.1, 0.15) is 12.0 Å². The fourth-order valence-electron chi connectivity index (χ4n) is 0.858. The molecule has 0 saturated carbocycles. The maximum Gasteiger partial charge on any atom is 0.266 e. The Morgan fingerprint density at radius 3 is 2.47 bits per heavy atom. The highest BCUT2D eigenvalue weighted by Gasteiger charge is 2.24. The van der Waals surface area contributed by atoms with Gasteiger partial charge in [0.2, 0.25) is 10.0 Å². The first kappa shape index (κ1) is 13.2. The Labute approximate surface area is 107 Å². The molecule has 0 atom stereocenters. The number of aromatic nitrogens is 1. The summed E-state index contributed by atoms with van der Waals surface area (Å²) >= 11 is 4.39. The Morgan fingerprint density at radius 2 is 2.07 bits per heavy atom. The second kappa shape index (κ2) is 4.55. The Kier molecular flexibility index (Phi) is 4.01. The molecule has 0 amide bonds. The quantitative estimate of drug-likeness (QED) is 0.596. The van der Waals surface area contributed by atoms with Crippen LogP contribution in [0.3, 0.4) is 0 Å². The SMILES string of the molecule is NS(=O)(=O)c1c(I)ncc(C(F)F)c1Br. The Morgan fingerprint density at radius 1 is 1.53 bits per heavy atom. The summed E-state index contributed by atoms with van der Waals surface area (Å²) in [7, 11) is -4.07. The fourth-order valence-corrected chi connectivity index (χ4v) is 4.35. The highest BCUT2D eigenvalue weighted by Crippen LogP contribution is 2.33. The van der Waals surface area contributed by atoms with Crippen LogP contribution < -0.4 is 5.14 Å². The van der Waals surface area contributed by atoms with Crippen molar-refractivity contribution in [3.63, 3.8) is 0 Å². The third-order valence-corrected chi connectivity index (χ3v) is 4.74. The van der Waals surface area contributed by atoms with Crippen LogP contribution in [0.2, 0.25) is 0 Å². The van der Waals surface area contributed by atoms with Crippen LogP contribution in [0.25, 0.3) is 0 Å². The van der Waals surface area contributed by atoms with Crippen molar-refractivity contribution in [1.29, 1.82) is 0 Å². The number of halogens is 4. The van der Waals surface area contributed by atoms with Gasteiger partial charge in [0, 0.05) is 6.20 Å². The maximum absolute atomic E-state index is 12.4. The first-order valence-electron chi connectivity index (χ1n) is 3.40. The van der Waals surface area contributed by atoms with E-state index in [9.17, 15) is 17.2 Å². The number of rotatable bonds is 2. The van der Waals surface area contributed by atoms with Gasteiger partial charge in [-0.1, -0.05) is 0 Å². The molecule has 4 nitrogen and oxygen atoms in total. The zero-order valence-electron chi connectivity index (χ0n) is 6.92. The summed E-state index contributed by atoms with van der Waals surface area (Å²) in [5, 5.41) is 4.88. The van der Waals surface area contributed by atoms with E-state index in [-0.39, 0.29) is 8.17 Å². The average molecular weight is 413 g/mol. The minimum absolute atomic E-state index is 0.0476. The zero-order chi connectivity index (χ0) is 11.8. The lowest BCUT2D eigenvalue weighted by atomic mass is 10.3. The first-order chi connectivity index (χ1) is 6.75. The topological polar surface area (TPSA) is 73.1 Å². The van der Waals surface area contributed by atoms with Gasteiger partial charge in [0.15, 0.2) is 0 Å². The summed E-state index contributed by atoms with van der Waals surface area (Å²) in [6, 6.07) is 0. The monoisotopic (exact) mass is 412 g/mol. The Hall–Kier alpha value is 0.130. The second-order valence-corrected chi connectivity index (χ2v) is 5.81. The second-order valence-electron chi connectivity index (χ2n) is 2.49. The van der Waals surface area contributed by atoms with E-state index in [0.717, 1.165) is 6.20 Å². The number of nitrogens with two attached hydrogens (primary N) is 1. The maximum atomic E-state index is 12.4. The van der Waals surface area contributed by atoms with Crippen molar-refractivity contribution >= 4 is 48.5 Å². The molecule has 0 aromatic carbocycles. The fraction of sp³-hybridized carbons (Fsp3) is 0.167. The molecule has 15 heavy (non-hydrogen) atoms. The molecule has 9 heteroatoms. The smallest absolute Gasteiger partial charge is 0.248 e. The number of pyridine rings is 1. The number of primary sulfonamides is 1. The van der Waals surface area contributed by atoms with E-state index in [1.807, 2.05) is 0 Å². The molecule has 2 N–H and O–H groups in total. The lowest BCUT2D eigenvalue weighted by Crippen LogP contribution is -2.16. The number of hydrogen-bond acceptors (Lipinski definition) is 3. The standard InChI is InChI=1S/C6H4BrF2IN2O2S/c7-3-2(5(8)9)1-12-6(10)4(3)15(11,13)14/h1,5H,(H2,11,13,14). The number of alkyl halides is 2.